The van der Waals surface area contributed by atoms with E-state index in [1.165, 1.54) is 5.56 Å². The fourth-order valence-electron chi connectivity index (χ4n) is 3.01. The van der Waals surface area contributed by atoms with Crippen LogP contribution < -0.4 is 5.32 Å². The Hall–Kier alpha value is -2.86. The van der Waals surface area contributed by atoms with Gasteiger partial charge in [-0.1, -0.05) is 42.5 Å². The molecule has 0 spiro atoms. The molecule has 0 aliphatic carbocycles. The molecule has 2 aromatic rings. The maximum absolute atomic E-state index is 12.3. The molecule has 1 aliphatic heterocycles. The van der Waals surface area contributed by atoms with Gasteiger partial charge in [-0.3, -0.25) is 4.90 Å². The van der Waals surface area contributed by atoms with Crippen LogP contribution in [0.4, 0.5) is 4.79 Å². The van der Waals surface area contributed by atoms with E-state index in [1.54, 1.807) is 24.3 Å². The largest absolute Gasteiger partial charge is 0.478 e. The third-order valence-corrected chi connectivity index (χ3v) is 4.55. The highest BCUT2D eigenvalue weighted by molar-refractivity contribution is 5.87. The van der Waals surface area contributed by atoms with Crippen LogP contribution in [0.3, 0.4) is 0 Å². The van der Waals surface area contributed by atoms with E-state index in [9.17, 15) is 9.59 Å². The number of piperazine rings is 1. The van der Waals surface area contributed by atoms with Crippen molar-refractivity contribution in [2.75, 3.05) is 26.2 Å². The van der Waals surface area contributed by atoms with Gasteiger partial charge < -0.3 is 15.3 Å². The van der Waals surface area contributed by atoms with E-state index in [2.05, 4.69) is 22.3 Å². The fraction of sp³-hybridized carbons (Fsp3) is 0.300. The molecule has 1 aliphatic rings. The first-order valence-corrected chi connectivity index (χ1v) is 8.73. The lowest BCUT2D eigenvalue weighted by Gasteiger charge is -2.34. The Bertz CT molecular complexity index is 739. The zero-order valence-corrected chi connectivity index (χ0v) is 14.6. The van der Waals surface area contributed by atoms with Gasteiger partial charge in [-0.15, -0.1) is 0 Å². The average molecular weight is 353 g/mol. The molecule has 0 saturated carbocycles. The molecule has 2 aromatic carbocycles. The molecular formula is C20H23N3O3. The Morgan fingerprint density at radius 1 is 0.885 bits per heavy atom. The highest BCUT2D eigenvalue weighted by Gasteiger charge is 2.20. The summed E-state index contributed by atoms with van der Waals surface area (Å²) in [6.07, 6.45) is 0. The number of hydrogen-bond acceptors (Lipinski definition) is 3. The van der Waals surface area contributed by atoms with Crippen LogP contribution in [-0.2, 0) is 13.1 Å². The van der Waals surface area contributed by atoms with Crippen molar-refractivity contribution in [1.29, 1.82) is 0 Å². The molecule has 6 heteroatoms. The first-order chi connectivity index (χ1) is 12.6. The Morgan fingerprint density at radius 3 is 2.15 bits per heavy atom. The van der Waals surface area contributed by atoms with Crippen LogP contribution >= 0.6 is 0 Å². The Kier molecular flexibility index (Phi) is 5.86. The number of carbonyl (C=O) groups excluding carboxylic acids is 1. The molecule has 0 radical (unpaired) electrons. The van der Waals surface area contributed by atoms with Crippen LogP contribution in [0, 0.1) is 0 Å². The van der Waals surface area contributed by atoms with Crippen molar-refractivity contribution in [2.24, 2.45) is 0 Å². The van der Waals surface area contributed by atoms with E-state index in [4.69, 9.17) is 5.11 Å². The topological polar surface area (TPSA) is 72.9 Å². The number of carbonyl (C=O) groups is 2. The van der Waals surface area contributed by atoms with Crippen molar-refractivity contribution in [3.05, 3.63) is 71.3 Å². The minimum atomic E-state index is -0.950. The normalized spacial score (nSPS) is 14.8. The second-order valence-corrected chi connectivity index (χ2v) is 6.41. The maximum atomic E-state index is 12.3. The van der Waals surface area contributed by atoms with Crippen molar-refractivity contribution in [2.45, 2.75) is 13.1 Å². The summed E-state index contributed by atoms with van der Waals surface area (Å²) in [5.41, 5.74) is 2.41. The zero-order valence-electron chi connectivity index (χ0n) is 14.6. The second-order valence-electron chi connectivity index (χ2n) is 6.41. The third-order valence-electron chi connectivity index (χ3n) is 4.55. The quantitative estimate of drug-likeness (QED) is 0.866. The first kappa shape index (κ1) is 17.9. The monoisotopic (exact) mass is 353 g/mol. The molecule has 1 fully saturated rings. The van der Waals surface area contributed by atoms with Crippen molar-refractivity contribution >= 4 is 12.0 Å². The number of nitrogens with zero attached hydrogens (tertiary/aromatic N) is 2. The van der Waals surface area contributed by atoms with Gasteiger partial charge in [-0.2, -0.15) is 0 Å². The maximum Gasteiger partial charge on any atom is 0.335 e. The first-order valence-electron chi connectivity index (χ1n) is 8.73. The predicted molar refractivity (Wildman–Crippen MR) is 98.9 cm³/mol. The van der Waals surface area contributed by atoms with Gasteiger partial charge in [-0.05, 0) is 23.3 Å². The molecule has 0 bridgehead atoms. The van der Waals surface area contributed by atoms with Crippen LogP contribution in [0.5, 0.6) is 0 Å². The number of urea groups is 1. The SMILES string of the molecule is O=C(O)c1ccc(CNC(=O)N2CCN(Cc3ccccc3)CC2)cc1. The molecular weight excluding hydrogens is 330 g/mol. The van der Waals surface area contributed by atoms with E-state index >= 15 is 0 Å². The zero-order chi connectivity index (χ0) is 18.4. The number of aromatic carboxylic acids is 1. The molecule has 26 heavy (non-hydrogen) atoms. The van der Waals surface area contributed by atoms with Gasteiger partial charge in [0.2, 0.25) is 0 Å². The molecule has 1 heterocycles. The van der Waals surface area contributed by atoms with Gasteiger partial charge in [0.05, 0.1) is 5.56 Å². The van der Waals surface area contributed by atoms with E-state index in [0.717, 1.165) is 25.2 Å². The summed E-state index contributed by atoms with van der Waals surface area (Å²) < 4.78 is 0. The molecule has 2 N–H and O–H groups in total. The molecule has 0 unspecified atom stereocenters. The molecule has 3 rings (SSSR count). The molecule has 0 atom stereocenters. The molecule has 0 aromatic heterocycles. The summed E-state index contributed by atoms with van der Waals surface area (Å²) in [5, 5.41) is 11.8. The van der Waals surface area contributed by atoms with Gasteiger partial charge in [0.1, 0.15) is 0 Å². The molecule has 2 amide bonds. The van der Waals surface area contributed by atoms with Crippen LogP contribution in [0.2, 0.25) is 0 Å². The van der Waals surface area contributed by atoms with E-state index in [1.807, 2.05) is 23.1 Å². The molecule has 6 nitrogen and oxygen atoms in total. The van der Waals surface area contributed by atoms with Gasteiger partial charge in [0.25, 0.3) is 0 Å². The molecule has 1 saturated heterocycles. The van der Waals surface area contributed by atoms with Crippen LogP contribution in [0.25, 0.3) is 0 Å². The van der Waals surface area contributed by atoms with Crippen molar-refractivity contribution in [1.82, 2.24) is 15.1 Å². The summed E-state index contributed by atoms with van der Waals surface area (Å²) in [6.45, 7) is 4.42. The van der Waals surface area contributed by atoms with Crippen molar-refractivity contribution in [3.8, 4) is 0 Å². The summed E-state index contributed by atoms with van der Waals surface area (Å²) in [4.78, 5) is 27.3. The average Bonchev–Trinajstić information content (AvgIpc) is 2.68. The number of carboxylic acid groups (broad SMARTS) is 1. The summed E-state index contributed by atoms with van der Waals surface area (Å²) in [7, 11) is 0. The van der Waals surface area contributed by atoms with Gasteiger partial charge in [0, 0.05) is 39.3 Å². The summed E-state index contributed by atoms with van der Waals surface area (Å²) in [5.74, 6) is -0.950. The third kappa shape index (κ3) is 4.83. The number of benzene rings is 2. The summed E-state index contributed by atoms with van der Waals surface area (Å²) in [6, 6.07) is 16.8. The van der Waals surface area contributed by atoms with Crippen LogP contribution in [-0.4, -0.2) is 53.1 Å². The van der Waals surface area contributed by atoms with Crippen LogP contribution in [0.1, 0.15) is 21.5 Å². The second kappa shape index (κ2) is 8.49. The number of hydrogen-bond donors (Lipinski definition) is 2. The van der Waals surface area contributed by atoms with Crippen LogP contribution in [0.15, 0.2) is 54.6 Å². The van der Waals surface area contributed by atoms with Gasteiger partial charge in [0.15, 0.2) is 0 Å². The van der Waals surface area contributed by atoms with Gasteiger partial charge in [-0.25, -0.2) is 9.59 Å². The van der Waals surface area contributed by atoms with E-state index in [0.29, 0.717) is 19.6 Å². The standard InChI is InChI=1S/C20H23N3O3/c24-19(25)18-8-6-16(7-9-18)14-21-20(26)23-12-10-22(11-13-23)15-17-4-2-1-3-5-17/h1-9H,10-15H2,(H,21,26)(H,24,25). The lowest BCUT2D eigenvalue weighted by molar-refractivity contribution is 0.0697. The number of amides is 2. The van der Waals surface area contributed by atoms with Crippen molar-refractivity contribution < 1.29 is 14.7 Å². The number of rotatable bonds is 5. The highest BCUT2D eigenvalue weighted by atomic mass is 16.4. The fourth-order valence-corrected chi connectivity index (χ4v) is 3.01. The highest BCUT2D eigenvalue weighted by Crippen LogP contribution is 2.09. The Labute approximate surface area is 153 Å². The Balaban J connectivity index is 1.42. The van der Waals surface area contributed by atoms with Crippen molar-refractivity contribution in [3.63, 3.8) is 0 Å². The minimum absolute atomic E-state index is 0.0772. The lowest BCUT2D eigenvalue weighted by Crippen LogP contribution is -2.51. The summed E-state index contributed by atoms with van der Waals surface area (Å²) >= 11 is 0. The predicted octanol–water partition coefficient (Wildman–Crippen LogP) is 2.41. The lowest BCUT2D eigenvalue weighted by atomic mass is 10.1. The van der Waals surface area contributed by atoms with Gasteiger partial charge >= 0.3 is 12.0 Å². The Morgan fingerprint density at radius 2 is 1.54 bits per heavy atom. The smallest absolute Gasteiger partial charge is 0.335 e. The number of nitrogens with one attached hydrogen (secondary N) is 1. The van der Waals surface area contributed by atoms with E-state index in [-0.39, 0.29) is 11.6 Å². The minimum Gasteiger partial charge on any atom is -0.478 e. The number of carboxylic acids is 1. The molecule has 136 valence electrons. The van der Waals surface area contributed by atoms with E-state index < -0.39 is 5.97 Å².